The Hall–Kier alpha value is -2.04. The van der Waals surface area contributed by atoms with Crippen molar-refractivity contribution >= 4 is 11.9 Å². The molecule has 0 radical (unpaired) electrons. The van der Waals surface area contributed by atoms with Crippen LogP contribution >= 0.6 is 0 Å². The maximum atomic E-state index is 11.9. The predicted octanol–water partition coefficient (Wildman–Crippen LogP) is 3.39. The summed E-state index contributed by atoms with van der Waals surface area (Å²) in [5.41, 5.74) is 1.18. The van der Waals surface area contributed by atoms with Gasteiger partial charge in [-0.2, -0.15) is 0 Å². The molecule has 1 aromatic rings. The van der Waals surface area contributed by atoms with Crippen molar-refractivity contribution in [3.05, 3.63) is 29.8 Å². The van der Waals surface area contributed by atoms with Crippen molar-refractivity contribution in [3.8, 4) is 5.75 Å². The second-order valence-electron chi connectivity index (χ2n) is 6.86. The van der Waals surface area contributed by atoms with Crippen molar-refractivity contribution in [1.82, 2.24) is 5.32 Å². The maximum Gasteiger partial charge on any atom is 0.306 e. The second-order valence-corrected chi connectivity index (χ2v) is 6.86. The molecule has 1 amide bonds. The van der Waals surface area contributed by atoms with Crippen LogP contribution in [0.25, 0.3) is 0 Å². The zero-order chi connectivity index (χ0) is 18.1. The molecule has 0 saturated heterocycles. The highest BCUT2D eigenvalue weighted by Gasteiger charge is 2.23. The number of carbonyl (C=O) groups is 2. The van der Waals surface area contributed by atoms with Gasteiger partial charge in [-0.25, -0.2) is 0 Å². The Kier molecular flexibility index (Phi) is 7.76. The Labute approximate surface area is 150 Å². The number of ether oxygens (including phenoxy) is 2. The smallest absolute Gasteiger partial charge is 0.306 e. The molecule has 138 valence electrons. The number of rotatable bonds is 8. The molecule has 1 fully saturated rings. The van der Waals surface area contributed by atoms with Crippen LogP contribution in [-0.4, -0.2) is 31.1 Å². The number of nitrogens with one attached hydrogen (secondary N) is 1. The molecule has 0 aromatic heterocycles. The average Bonchev–Trinajstić information content (AvgIpc) is 2.60. The van der Waals surface area contributed by atoms with Crippen molar-refractivity contribution in [3.63, 3.8) is 0 Å². The van der Waals surface area contributed by atoms with E-state index in [2.05, 4.69) is 12.2 Å². The molecule has 0 bridgehead atoms. The molecular weight excluding hydrogens is 318 g/mol. The standard InChI is InChI=1S/C20H29NO4/c1-15-9-11-17(12-10-15)24-13-5-8-20(23)25-14-19(22)21-18-7-4-3-6-16(18)2/h9-12,16,18H,3-8,13-14H2,1-2H3,(H,21,22)/t16-,18+/m0/s1. The van der Waals surface area contributed by atoms with E-state index >= 15 is 0 Å². The molecule has 5 nitrogen and oxygen atoms in total. The van der Waals surface area contributed by atoms with Crippen LogP contribution in [0, 0.1) is 12.8 Å². The number of hydrogen-bond acceptors (Lipinski definition) is 4. The van der Waals surface area contributed by atoms with Gasteiger partial charge in [-0.05, 0) is 44.2 Å². The van der Waals surface area contributed by atoms with Gasteiger partial charge in [0.25, 0.3) is 5.91 Å². The lowest BCUT2D eigenvalue weighted by Gasteiger charge is -2.29. The maximum absolute atomic E-state index is 11.9. The molecule has 5 heteroatoms. The van der Waals surface area contributed by atoms with Crippen LogP contribution in [0.5, 0.6) is 5.75 Å². The summed E-state index contributed by atoms with van der Waals surface area (Å²) in [7, 11) is 0. The topological polar surface area (TPSA) is 64.6 Å². The first-order chi connectivity index (χ1) is 12.0. The minimum Gasteiger partial charge on any atom is -0.494 e. The van der Waals surface area contributed by atoms with Gasteiger partial charge in [0.05, 0.1) is 6.61 Å². The molecule has 1 saturated carbocycles. The van der Waals surface area contributed by atoms with Gasteiger partial charge in [0.15, 0.2) is 6.61 Å². The Morgan fingerprint density at radius 3 is 2.60 bits per heavy atom. The summed E-state index contributed by atoms with van der Waals surface area (Å²) in [5.74, 6) is 0.717. The minimum absolute atomic E-state index is 0.194. The van der Waals surface area contributed by atoms with Crippen molar-refractivity contribution in [2.75, 3.05) is 13.2 Å². The van der Waals surface area contributed by atoms with Crippen LogP contribution in [0.3, 0.4) is 0 Å². The van der Waals surface area contributed by atoms with Crippen molar-refractivity contribution in [1.29, 1.82) is 0 Å². The quantitative estimate of drug-likeness (QED) is 0.578. The Balaban J connectivity index is 1.55. The summed E-state index contributed by atoms with van der Waals surface area (Å²) >= 11 is 0. The zero-order valence-corrected chi connectivity index (χ0v) is 15.3. The van der Waals surface area contributed by atoms with Gasteiger partial charge in [-0.1, -0.05) is 37.5 Å². The highest BCUT2D eigenvalue weighted by atomic mass is 16.5. The van der Waals surface area contributed by atoms with Crippen LogP contribution in [0.2, 0.25) is 0 Å². The van der Waals surface area contributed by atoms with Gasteiger partial charge in [0, 0.05) is 12.5 Å². The molecule has 0 spiro atoms. The number of carbonyl (C=O) groups excluding carboxylic acids is 2. The van der Waals surface area contributed by atoms with Gasteiger partial charge >= 0.3 is 5.97 Å². The first kappa shape index (κ1) is 19.3. The molecule has 1 aromatic carbocycles. The lowest BCUT2D eigenvalue weighted by Crippen LogP contribution is -2.42. The van der Waals surface area contributed by atoms with Crippen LogP contribution in [-0.2, 0) is 14.3 Å². The molecule has 0 aliphatic heterocycles. The Morgan fingerprint density at radius 1 is 1.16 bits per heavy atom. The zero-order valence-electron chi connectivity index (χ0n) is 15.3. The molecule has 1 aliphatic carbocycles. The third-order valence-corrected chi connectivity index (χ3v) is 4.64. The summed E-state index contributed by atoms with van der Waals surface area (Å²) < 4.78 is 10.6. The van der Waals surface area contributed by atoms with Gasteiger partial charge in [-0.15, -0.1) is 0 Å². The summed E-state index contributed by atoms with van der Waals surface area (Å²) in [6, 6.07) is 7.99. The molecular formula is C20H29NO4. The monoisotopic (exact) mass is 347 g/mol. The van der Waals surface area contributed by atoms with E-state index < -0.39 is 0 Å². The first-order valence-corrected chi connectivity index (χ1v) is 9.19. The fraction of sp³-hybridized carbons (Fsp3) is 0.600. The summed E-state index contributed by atoms with van der Waals surface area (Å²) in [6.07, 6.45) is 5.35. The van der Waals surface area contributed by atoms with Crippen molar-refractivity contribution < 1.29 is 19.1 Å². The summed E-state index contributed by atoms with van der Waals surface area (Å²) in [5, 5.41) is 2.98. The SMILES string of the molecule is Cc1ccc(OCCCC(=O)OCC(=O)N[C@@H]2CCCC[C@@H]2C)cc1. The first-order valence-electron chi connectivity index (χ1n) is 9.19. The molecule has 0 unspecified atom stereocenters. The van der Waals surface area contributed by atoms with Gasteiger partial charge < -0.3 is 14.8 Å². The highest BCUT2D eigenvalue weighted by Crippen LogP contribution is 2.23. The van der Waals surface area contributed by atoms with E-state index in [0.717, 1.165) is 25.0 Å². The lowest BCUT2D eigenvalue weighted by atomic mass is 9.86. The summed E-state index contributed by atoms with van der Waals surface area (Å²) in [4.78, 5) is 23.6. The molecule has 2 rings (SSSR count). The number of amides is 1. The molecule has 1 N–H and O–H groups in total. The third-order valence-electron chi connectivity index (χ3n) is 4.64. The molecule has 2 atom stereocenters. The highest BCUT2D eigenvalue weighted by molar-refractivity contribution is 5.80. The van der Waals surface area contributed by atoms with E-state index in [1.807, 2.05) is 31.2 Å². The lowest BCUT2D eigenvalue weighted by molar-refractivity contribution is -0.149. The summed E-state index contributed by atoms with van der Waals surface area (Å²) in [6.45, 7) is 4.43. The van der Waals surface area contributed by atoms with E-state index in [9.17, 15) is 9.59 Å². The van der Waals surface area contributed by atoms with Gasteiger partial charge in [0.1, 0.15) is 5.75 Å². The predicted molar refractivity (Wildman–Crippen MR) is 96.4 cm³/mol. The Bertz CT molecular complexity index is 555. The van der Waals surface area contributed by atoms with E-state index in [1.54, 1.807) is 0 Å². The number of esters is 1. The fourth-order valence-electron chi connectivity index (χ4n) is 3.04. The third kappa shape index (κ3) is 7.16. The van der Waals surface area contributed by atoms with E-state index in [1.165, 1.54) is 12.0 Å². The Morgan fingerprint density at radius 2 is 1.88 bits per heavy atom. The fourth-order valence-corrected chi connectivity index (χ4v) is 3.04. The van der Waals surface area contributed by atoms with Gasteiger partial charge in [0.2, 0.25) is 0 Å². The van der Waals surface area contributed by atoms with Crippen LogP contribution in [0.4, 0.5) is 0 Å². The van der Waals surface area contributed by atoms with Crippen LogP contribution < -0.4 is 10.1 Å². The second kappa shape index (κ2) is 10.1. The minimum atomic E-state index is -0.362. The molecule has 0 heterocycles. The average molecular weight is 347 g/mol. The number of aryl methyl sites for hydroxylation is 1. The van der Waals surface area contributed by atoms with Crippen LogP contribution in [0.1, 0.15) is 51.0 Å². The van der Waals surface area contributed by atoms with E-state index in [0.29, 0.717) is 18.9 Å². The number of benzene rings is 1. The molecule has 1 aliphatic rings. The largest absolute Gasteiger partial charge is 0.494 e. The van der Waals surface area contributed by atoms with Crippen molar-refractivity contribution in [2.24, 2.45) is 5.92 Å². The van der Waals surface area contributed by atoms with Gasteiger partial charge in [-0.3, -0.25) is 9.59 Å². The van der Waals surface area contributed by atoms with E-state index in [-0.39, 0.29) is 30.9 Å². The number of hydrogen-bond donors (Lipinski definition) is 1. The van der Waals surface area contributed by atoms with Crippen LogP contribution in [0.15, 0.2) is 24.3 Å². The normalized spacial score (nSPS) is 19.9. The molecule has 25 heavy (non-hydrogen) atoms. The van der Waals surface area contributed by atoms with Crippen molar-refractivity contribution in [2.45, 2.75) is 58.4 Å². The van der Waals surface area contributed by atoms with E-state index in [4.69, 9.17) is 9.47 Å².